The Morgan fingerprint density at radius 2 is 1.74 bits per heavy atom. The fourth-order valence-corrected chi connectivity index (χ4v) is 5.23. The predicted molar refractivity (Wildman–Crippen MR) is 112 cm³/mol. The number of likely N-dealkylation sites (tertiary alicyclic amines) is 1. The van der Waals surface area contributed by atoms with E-state index in [0.717, 1.165) is 25.0 Å². The van der Waals surface area contributed by atoms with Crippen LogP contribution in [0.5, 0.6) is 0 Å². The smallest absolute Gasteiger partial charge is 0.338 e. The van der Waals surface area contributed by atoms with E-state index in [1.165, 1.54) is 34.2 Å². The maximum atomic E-state index is 14.0. The van der Waals surface area contributed by atoms with Crippen molar-refractivity contribution in [2.75, 3.05) is 24.6 Å². The second-order valence-electron chi connectivity index (χ2n) is 7.25. The first-order valence-corrected chi connectivity index (χ1v) is 11.4. The zero-order valence-electron chi connectivity index (χ0n) is 16.9. The second-order valence-corrected chi connectivity index (χ2v) is 9.13. The molecule has 2 aromatic carbocycles. The van der Waals surface area contributed by atoms with Crippen LogP contribution >= 0.6 is 0 Å². The molecule has 2 aliphatic rings. The van der Waals surface area contributed by atoms with E-state index in [0.29, 0.717) is 24.3 Å². The van der Waals surface area contributed by atoms with Gasteiger partial charge >= 0.3 is 5.97 Å². The van der Waals surface area contributed by atoms with Crippen molar-refractivity contribution >= 4 is 33.1 Å². The van der Waals surface area contributed by atoms with Crippen LogP contribution in [0.25, 0.3) is 0 Å². The molecule has 0 unspecified atom stereocenters. The van der Waals surface area contributed by atoms with Crippen LogP contribution in [0.3, 0.4) is 0 Å². The van der Waals surface area contributed by atoms with Crippen LogP contribution in [0.2, 0.25) is 0 Å². The van der Waals surface area contributed by atoms with Gasteiger partial charge in [0.2, 0.25) is 9.84 Å². The number of sulfone groups is 1. The van der Waals surface area contributed by atoms with Gasteiger partial charge in [-0.2, -0.15) is 0 Å². The van der Waals surface area contributed by atoms with Gasteiger partial charge in [-0.15, -0.1) is 0 Å². The Labute approximate surface area is 179 Å². The largest absolute Gasteiger partial charge is 0.462 e. The van der Waals surface area contributed by atoms with E-state index in [1.807, 2.05) is 0 Å². The summed E-state index contributed by atoms with van der Waals surface area (Å²) in [7, 11) is -4.12. The molecular weight excluding hydrogens is 423 g/mol. The SMILES string of the molecule is CCOC(=O)c1ccc(N2C=C(C(=O)N3CCCC3)S(=O)(=O)c3ccc(F)cc32)cc1. The molecular formula is C22H21FN2O5S. The highest BCUT2D eigenvalue weighted by molar-refractivity contribution is 7.96. The molecule has 0 aromatic heterocycles. The Morgan fingerprint density at radius 1 is 1.06 bits per heavy atom. The van der Waals surface area contributed by atoms with E-state index in [2.05, 4.69) is 0 Å². The molecule has 4 rings (SSSR count). The lowest BCUT2D eigenvalue weighted by atomic mass is 10.1. The van der Waals surface area contributed by atoms with Gasteiger partial charge in [-0.1, -0.05) is 0 Å². The maximum Gasteiger partial charge on any atom is 0.338 e. The van der Waals surface area contributed by atoms with Gasteiger partial charge in [-0.25, -0.2) is 17.6 Å². The van der Waals surface area contributed by atoms with Crippen LogP contribution in [0.4, 0.5) is 15.8 Å². The quantitative estimate of drug-likeness (QED) is 0.531. The van der Waals surface area contributed by atoms with Crippen molar-refractivity contribution in [2.45, 2.75) is 24.7 Å². The Bertz CT molecular complexity index is 1170. The molecule has 1 fully saturated rings. The van der Waals surface area contributed by atoms with Gasteiger partial charge in [0.1, 0.15) is 5.82 Å². The van der Waals surface area contributed by atoms with E-state index in [-0.39, 0.29) is 22.1 Å². The molecule has 0 aliphatic carbocycles. The summed E-state index contributed by atoms with van der Waals surface area (Å²) in [5.41, 5.74) is 0.899. The molecule has 2 aliphatic heterocycles. The third kappa shape index (κ3) is 3.81. The summed E-state index contributed by atoms with van der Waals surface area (Å²) in [4.78, 5) is 27.4. The molecule has 162 valence electrons. The minimum Gasteiger partial charge on any atom is -0.462 e. The molecule has 1 amide bonds. The number of rotatable bonds is 4. The summed E-state index contributed by atoms with van der Waals surface area (Å²) in [6, 6.07) is 9.59. The van der Waals surface area contributed by atoms with Gasteiger partial charge in [0, 0.05) is 25.0 Å². The average molecular weight is 444 g/mol. The average Bonchev–Trinajstić information content (AvgIpc) is 3.28. The Kier molecular flexibility index (Phi) is 5.53. The van der Waals surface area contributed by atoms with Gasteiger partial charge in [-0.3, -0.25) is 4.79 Å². The number of hydrogen-bond acceptors (Lipinski definition) is 6. The zero-order chi connectivity index (χ0) is 22.2. The number of anilines is 2. The molecule has 1 saturated heterocycles. The highest BCUT2D eigenvalue weighted by atomic mass is 32.2. The first kappa shape index (κ1) is 21.0. The number of amides is 1. The molecule has 0 bridgehead atoms. The minimum atomic E-state index is -4.12. The zero-order valence-corrected chi connectivity index (χ0v) is 17.7. The molecule has 0 saturated carbocycles. The number of fused-ring (bicyclic) bond motifs is 1. The lowest BCUT2D eigenvalue weighted by molar-refractivity contribution is -0.125. The number of halogens is 1. The number of carbonyl (C=O) groups excluding carboxylic acids is 2. The number of carbonyl (C=O) groups is 2. The first-order chi connectivity index (χ1) is 14.8. The van der Waals surface area contributed by atoms with Crippen LogP contribution in [0, 0.1) is 5.82 Å². The molecule has 0 atom stereocenters. The maximum absolute atomic E-state index is 14.0. The van der Waals surface area contributed by atoms with E-state index in [9.17, 15) is 22.4 Å². The topological polar surface area (TPSA) is 84.0 Å². The van der Waals surface area contributed by atoms with E-state index in [4.69, 9.17) is 4.74 Å². The van der Waals surface area contributed by atoms with Crippen molar-refractivity contribution < 1.29 is 27.1 Å². The van der Waals surface area contributed by atoms with Crippen molar-refractivity contribution in [1.29, 1.82) is 0 Å². The molecule has 0 spiro atoms. The Balaban J connectivity index is 1.81. The van der Waals surface area contributed by atoms with Crippen LogP contribution in [0.15, 0.2) is 58.5 Å². The van der Waals surface area contributed by atoms with Crippen molar-refractivity contribution in [3.05, 3.63) is 65.0 Å². The van der Waals surface area contributed by atoms with Crippen LogP contribution in [0.1, 0.15) is 30.1 Å². The standard InChI is InChI=1S/C22H21FN2O5S/c1-2-30-22(27)15-5-8-17(9-6-15)25-14-20(21(26)24-11-3-4-12-24)31(28,29)19-10-7-16(23)13-18(19)25/h5-10,13-14H,2-4,11-12H2,1H3. The first-order valence-electron chi connectivity index (χ1n) is 9.95. The number of hydrogen-bond donors (Lipinski definition) is 0. The van der Waals surface area contributed by atoms with Gasteiger partial charge < -0.3 is 14.5 Å². The molecule has 0 N–H and O–H groups in total. The molecule has 2 heterocycles. The Morgan fingerprint density at radius 3 is 2.39 bits per heavy atom. The second kappa shape index (κ2) is 8.14. The van der Waals surface area contributed by atoms with Gasteiger partial charge in [0.25, 0.3) is 5.91 Å². The molecule has 31 heavy (non-hydrogen) atoms. The van der Waals surface area contributed by atoms with Gasteiger partial charge in [-0.05, 0) is 62.2 Å². The monoisotopic (exact) mass is 444 g/mol. The number of nitrogens with zero attached hydrogens (tertiary/aromatic N) is 2. The third-order valence-electron chi connectivity index (χ3n) is 5.27. The highest BCUT2D eigenvalue weighted by Gasteiger charge is 2.38. The van der Waals surface area contributed by atoms with E-state index >= 15 is 0 Å². The molecule has 0 radical (unpaired) electrons. The van der Waals surface area contributed by atoms with Crippen molar-refractivity contribution in [2.24, 2.45) is 0 Å². The highest BCUT2D eigenvalue weighted by Crippen LogP contribution is 2.40. The number of ether oxygens (including phenoxy) is 1. The Hall–Kier alpha value is -3.20. The number of benzene rings is 2. The fraction of sp³-hybridized carbons (Fsp3) is 0.273. The van der Waals surface area contributed by atoms with Crippen LogP contribution < -0.4 is 4.90 Å². The molecule has 9 heteroatoms. The summed E-state index contributed by atoms with van der Waals surface area (Å²) in [5, 5.41) is 0. The number of esters is 1. The summed E-state index contributed by atoms with van der Waals surface area (Å²) >= 11 is 0. The lowest BCUT2D eigenvalue weighted by Gasteiger charge is -2.30. The van der Waals surface area contributed by atoms with E-state index in [1.54, 1.807) is 19.1 Å². The fourth-order valence-electron chi connectivity index (χ4n) is 3.71. The van der Waals surface area contributed by atoms with Crippen molar-refractivity contribution in [1.82, 2.24) is 4.90 Å². The summed E-state index contributed by atoms with van der Waals surface area (Å²) < 4.78 is 45.3. The molecule has 2 aromatic rings. The lowest BCUT2D eigenvalue weighted by Crippen LogP contribution is -2.35. The minimum absolute atomic E-state index is 0.0989. The summed E-state index contributed by atoms with van der Waals surface area (Å²) in [6.45, 7) is 2.93. The van der Waals surface area contributed by atoms with Crippen molar-refractivity contribution in [3.63, 3.8) is 0 Å². The van der Waals surface area contributed by atoms with Gasteiger partial charge in [0.05, 0.1) is 22.8 Å². The summed E-state index contributed by atoms with van der Waals surface area (Å²) in [6.07, 6.45) is 2.87. The van der Waals surface area contributed by atoms with Crippen molar-refractivity contribution in [3.8, 4) is 0 Å². The third-order valence-corrected chi connectivity index (χ3v) is 7.05. The summed E-state index contributed by atoms with van der Waals surface area (Å²) in [5.74, 6) is -1.66. The normalized spacial score (nSPS) is 17.2. The van der Waals surface area contributed by atoms with Crippen LogP contribution in [-0.2, 0) is 19.4 Å². The van der Waals surface area contributed by atoms with Crippen LogP contribution in [-0.4, -0.2) is 44.9 Å². The van der Waals surface area contributed by atoms with E-state index < -0.39 is 27.5 Å². The predicted octanol–water partition coefficient (Wildman–Crippen LogP) is 3.39. The molecule has 7 nitrogen and oxygen atoms in total. The van der Waals surface area contributed by atoms with Gasteiger partial charge in [0.15, 0.2) is 4.91 Å².